The van der Waals surface area contributed by atoms with Crippen molar-refractivity contribution in [3.63, 3.8) is 0 Å². The van der Waals surface area contributed by atoms with Crippen LogP contribution in [0, 0.1) is 11.6 Å². The van der Waals surface area contributed by atoms with Crippen molar-refractivity contribution in [1.82, 2.24) is 4.98 Å². The fourth-order valence-electron chi connectivity index (χ4n) is 2.05. The van der Waals surface area contributed by atoms with E-state index in [0.29, 0.717) is 0 Å². The van der Waals surface area contributed by atoms with E-state index in [4.69, 9.17) is 5.73 Å². The highest BCUT2D eigenvalue weighted by Crippen LogP contribution is 2.23. The molecule has 0 aliphatic rings. The maximum absolute atomic E-state index is 13.7. The van der Waals surface area contributed by atoms with Crippen LogP contribution in [0.5, 0.6) is 0 Å². The van der Waals surface area contributed by atoms with Crippen LogP contribution in [0.2, 0.25) is 0 Å². The molecule has 0 bridgehead atoms. The third-order valence-corrected chi connectivity index (χ3v) is 3.29. The van der Waals surface area contributed by atoms with Gasteiger partial charge in [0, 0.05) is 11.6 Å². The monoisotopic (exact) mass is 291 g/mol. The second-order valence-electron chi connectivity index (χ2n) is 5.68. The van der Waals surface area contributed by atoms with Crippen molar-refractivity contribution in [2.24, 2.45) is 0 Å². The van der Waals surface area contributed by atoms with E-state index in [-0.39, 0.29) is 11.6 Å². The molecular formula is C16H19F2N3. The van der Waals surface area contributed by atoms with Gasteiger partial charge in [-0.2, -0.15) is 0 Å². The zero-order valence-corrected chi connectivity index (χ0v) is 12.2. The molecule has 0 radical (unpaired) electrons. The minimum absolute atomic E-state index is 0.0213. The summed E-state index contributed by atoms with van der Waals surface area (Å²) in [5.74, 6) is -1.92. The summed E-state index contributed by atoms with van der Waals surface area (Å²) in [6, 6.07) is 10.8. The Morgan fingerprint density at radius 3 is 2.48 bits per heavy atom. The van der Waals surface area contributed by atoms with E-state index >= 15 is 0 Å². The van der Waals surface area contributed by atoms with Crippen molar-refractivity contribution < 1.29 is 8.78 Å². The zero-order valence-electron chi connectivity index (χ0n) is 12.2. The van der Waals surface area contributed by atoms with Gasteiger partial charge in [-0.3, -0.25) is 0 Å². The van der Waals surface area contributed by atoms with Gasteiger partial charge in [0.15, 0.2) is 23.3 Å². The molecule has 3 N–H and O–H groups in total. The third-order valence-electron chi connectivity index (χ3n) is 3.29. The lowest BCUT2D eigenvalue weighted by Crippen LogP contribution is -2.32. The Kier molecular flexibility index (Phi) is 4.40. The van der Waals surface area contributed by atoms with Crippen molar-refractivity contribution in [3.8, 4) is 0 Å². The summed E-state index contributed by atoms with van der Waals surface area (Å²) in [4.78, 5) is 3.73. The van der Waals surface area contributed by atoms with Crippen LogP contribution < -0.4 is 11.1 Å². The summed E-state index contributed by atoms with van der Waals surface area (Å²) < 4.78 is 26.8. The summed E-state index contributed by atoms with van der Waals surface area (Å²) in [5.41, 5.74) is 6.19. The maximum atomic E-state index is 13.7. The first kappa shape index (κ1) is 15.2. The average molecular weight is 291 g/mol. The van der Waals surface area contributed by atoms with Gasteiger partial charge in [0.2, 0.25) is 0 Å². The smallest absolute Gasteiger partial charge is 0.168 e. The van der Waals surface area contributed by atoms with Crippen molar-refractivity contribution in [1.29, 1.82) is 0 Å². The molecule has 0 saturated carbocycles. The number of aromatic nitrogens is 1. The summed E-state index contributed by atoms with van der Waals surface area (Å²) >= 11 is 0. The molecule has 0 atom stereocenters. The Hall–Kier alpha value is -2.17. The summed E-state index contributed by atoms with van der Waals surface area (Å²) in [7, 11) is 0. The summed E-state index contributed by atoms with van der Waals surface area (Å²) in [6.45, 7) is 3.88. The Labute approximate surface area is 123 Å². The molecule has 112 valence electrons. The molecule has 0 saturated heterocycles. The largest absolute Gasteiger partial charge is 0.381 e. The first-order valence-corrected chi connectivity index (χ1v) is 6.81. The fourth-order valence-corrected chi connectivity index (χ4v) is 2.05. The van der Waals surface area contributed by atoms with Gasteiger partial charge in [0.25, 0.3) is 0 Å². The zero-order chi connectivity index (χ0) is 15.5. The molecule has 1 aromatic heterocycles. The Morgan fingerprint density at radius 2 is 1.81 bits per heavy atom. The van der Waals surface area contributed by atoms with Crippen molar-refractivity contribution in [2.45, 2.75) is 32.2 Å². The number of hydrogen-bond acceptors (Lipinski definition) is 3. The van der Waals surface area contributed by atoms with Crippen LogP contribution >= 0.6 is 0 Å². The van der Waals surface area contributed by atoms with E-state index in [2.05, 4.69) is 10.3 Å². The van der Waals surface area contributed by atoms with Crippen molar-refractivity contribution in [3.05, 3.63) is 53.6 Å². The number of nitrogen functional groups attached to an aromatic ring is 1. The number of halogens is 2. The lowest BCUT2D eigenvalue weighted by atomic mass is 9.95. The van der Waals surface area contributed by atoms with Crippen LogP contribution in [-0.4, -0.2) is 10.5 Å². The molecule has 0 unspecified atom stereocenters. The number of nitrogens with two attached hydrogens (primary N) is 1. The molecule has 5 heteroatoms. The molecule has 0 aliphatic heterocycles. The molecule has 0 aliphatic carbocycles. The van der Waals surface area contributed by atoms with E-state index in [0.717, 1.165) is 18.9 Å². The van der Waals surface area contributed by atoms with Crippen molar-refractivity contribution >= 4 is 11.6 Å². The molecule has 2 aromatic rings. The van der Waals surface area contributed by atoms with E-state index in [1.165, 1.54) is 5.56 Å². The molecule has 2 rings (SSSR count). The number of aryl methyl sites for hydroxylation is 1. The Morgan fingerprint density at radius 1 is 1.14 bits per heavy atom. The molecule has 3 nitrogen and oxygen atoms in total. The minimum Gasteiger partial charge on any atom is -0.381 e. The SMILES string of the molecule is CC(C)(CCc1ccccc1)Nc1nc(N)c(F)cc1F. The van der Waals surface area contributed by atoms with Crippen LogP contribution in [0.4, 0.5) is 20.4 Å². The molecule has 0 spiro atoms. The molecule has 0 amide bonds. The summed E-state index contributed by atoms with van der Waals surface area (Å²) in [6.07, 6.45) is 1.62. The normalized spacial score (nSPS) is 11.4. The predicted octanol–water partition coefficient (Wildman–Crippen LogP) is 3.77. The number of anilines is 2. The van der Waals surface area contributed by atoms with Crippen LogP contribution in [0.15, 0.2) is 36.4 Å². The first-order valence-electron chi connectivity index (χ1n) is 6.81. The third kappa shape index (κ3) is 4.15. The number of benzene rings is 1. The van der Waals surface area contributed by atoms with Gasteiger partial charge in [-0.05, 0) is 32.3 Å². The maximum Gasteiger partial charge on any atom is 0.168 e. The topological polar surface area (TPSA) is 50.9 Å². The Bertz CT molecular complexity index is 612. The molecule has 0 fully saturated rings. The standard InChI is InChI=1S/C16H19F2N3/c1-16(2,9-8-11-6-4-3-5-7-11)21-15-13(18)10-12(17)14(19)20-15/h3-7,10H,8-9H2,1-2H3,(H3,19,20,21). The predicted molar refractivity (Wildman–Crippen MR) is 81.0 cm³/mol. The fraction of sp³-hybridized carbons (Fsp3) is 0.312. The van der Waals surface area contributed by atoms with Crippen LogP contribution in [0.1, 0.15) is 25.8 Å². The van der Waals surface area contributed by atoms with Crippen LogP contribution in [0.25, 0.3) is 0 Å². The van der Waals surface area contributed by atoms with E-state index in [9.17, 15) is 8.78 Å². The second kappa shape index (κ2) is 6.08. The number of pyridine rings is 1. The van der Waals surface area contributed by atoms with Gasteiger partial charge in [0.1, 0.15) is 0 Å². The van der Waals surface area contributed by atoms with Gasteiger partial charge in [-0.15, -0.1) is 0 Å². The Balaban J connectivity index is 2.05. The highest BCUT2D eigenvalue weighted by molar-refractivity contribution is 5.46. The lowest BCUT2D eigenvalue weighted by Gasteiger charge is -2.27. The van der Waals surface area contributed by atoms with E-state index in [1.807, 2.05) is 44.2 Å². The van der Waals surface area contributed by atoms with Crippen LogP contribution in [0.3, 0.4) is 0 Å². The van der Waals surface area contributed by atoms with Gasteiger partial charge in [-0.1, -0.05) is 30.3 Å². The van der Waals surface area contributed by atoms with Crippen LogP contribution in [-0.2, 0) is 6.42 Å². The molecular weight excluding hydrogens is 272 g/mol. The minimum atomic E-state index is -0.847. The molecule has 21 heavy (non-hydrogen) atoms. The highest BCUT2D eigenvalue weighted by Gasteiger charge is 2.21. The van der Waals surface area contributed by atoms with Gasteiger partial charge >= 0.3 is 0 Å². The second-order valence-corrected chi connectivity index (χ2v) is 5.68. The first-order chi connectivity index (χ1) is 9.87. The number of nitrogens with one attached hydrogen (secondary N) is 1. The molecule has 1 heterocycles. The van der Waals surface area contributed by atoms with Gasteiger partial charge in [-0.25, -0.2) is 13.8 Å². The quantitative estimate of drug-likeness (QED) is 0.881. The molecule has 1 aromatic carbocycles. The van der Waals surface area contributed by atoms with Gasteiger partial charge < -0.3 is 11.1 Å². The lowest BCUT2D eigenvalue weighted by molar-refractivity contribution is 0.506. The average Bonchev–Trinajstić information content (AvgIpc) is 2.44. The van der Waals surface area contributed by atoms with Gasteiger partial charge in [0.05, 0.1) is 0 Å². The van der Waals surface area contributed by atoms with Crippen molar-refractivity contribution in [2.75, 3.05) is 11.1 Å². The number of nitrogens with zero attached hydrogens (tertiary/aromatic N) is 1. The number of hydrogen-bond donors (Lipinski definition) is 2. The highest BCUT2D eigenvalue weighted by atomic mass is 19.1. The summed E-state index contributed by atoms with van der Waals surface area (Å²) in [5, 5.41) is 2.99. The number of rotatable bonds is 5. The van der Waals surface area contributed by atoms with E-state index in [1.54, 1.807) is 0 Å². The van der Waals surface area contributed by atoms with E-state index < -0.39 is 17.2 Å².